The first-order valence-electron chi connectivity index (χ1n) is 6.46. The molecule has 0 aliphatic carbocycles. The Kier molecular flexibility index (Phi) is 4.42. The number of nitrogens with zero attached hydrogens (tertiary/aromatic N) is 1. The molecule has 2 atom stereocenters. The first-order chi connectivity index (χ1) is 7.42. The van der Waals surface area contributed by atoms with Crippen LogP contribution in [0.1, 0.15) is 32.6 Å². The molecular formula is C12H24N2O. The Balaban J connectivity index is 1.86. The summed E-state index contributed by atoms with van der Waals surface area (Å²) in [6.07, 6.45) is 5.38. The minimum absolute atomic E-state index is 0.703. The summed E-state index contributed by atoms with van der Waals surface area (Å²) in [6, 6.07) is 1.46. The van der Waals surface area contributed by atoms with Crippen LogP contribution in [0.25, 0.3) is 0 Å². The molecule has 2 heterocycles. The number of piperidine rings is 1. The van der Waals surface area contributed by atoms with Crippen LogP contribution >= 0.6 is 0 Å². The van der Waals surface area contributed by atoms with Gasteiger partial charge in [-0.1, -0.05) is 13.3 Å². The molecule has 88 valence electrons. The van der Waals surface area contributed by atoms with Gasteiger partial charge in [-0.25, -0.2) is 0 Å². The number of hydrogen-bond donors (Lipinski definition) is 1. The second kappa shape index (κ2) is 5.83. The van der Waals surface area contributed by atoms with Gasteiger partial charge in [-0.2, -0.15) is 0 Å². The molecule has 2 fully saturated rings. The molecule has 2 rings (SSSR count). The number of nitrogens with one attached hydrogen (secondary N) is 1. The largest absolute Gasteiger partial charge is 0.380 e. The standard InChI is InChI=1S/C12H24N2O/c1-2-13-9-11-5-3-4-7-14(11)12-6-8-15-10-12/h11-13H,2-10H2,1H3. The van der Waals surface area contributed by atoms with E-state index in [-0.39, 0.29) is 0 Å². The lowest BCUT2D eigenvalue weighted by atomic mass is 9.99. The molecule has 0 aromatic rings. The Morgan fingerprint density at radius 1 is 1.33 bits per heavy atom. The van der Waals surface area contributed by atoms with Gasteiger partial charge in [0.05, 0.1) is 6.61 Å². The number of likely N-dealkylation sites (tertiary alicyclic amines) is 1. The van der Waals surface area contributed by atoms with Crippen LogP contribution in [-0.4, -0.2) is 49.8 Å². The average molecular weight is 212 g/mol. The molecule has 0 amide bonds. The highest BCUT2D eigenvalue weighted by atomic mass is 16.5. The molecule has 0 bridgehead atoms. The third-order valence-electron chi connectivity index (χ3n) is 3.68. The van der Waals surface area contributed by atoms with E-state index in [0.29, 0.717) is 6.04 Å². The van der Waals surface area contributed by atoms with Crippen molar-refractivity contribution in [1.82, 2.24) is 10.2 Å². The van der Waals surface area contributed by atoms with Crippen molar-refractivity contribution in [1.29, 1.82) is 0 Å². The minimum Gasteiger partial charge on any atom is -0.380 e. The fourth-order valence-corrected chi connectivity index (χ4v) is 2.82. The van der Waals surface area contributed by atoms with Crippen LogP contribution in [0, 0.1) is 0 Å². The number of hydrogen-bond acceptors (Lipinski definition) is 3. The van der Waals surface area contributed by atoms with Crippen LogP contribution in [0.4, 0.5) is 0 Å². The lowest BCUT2D eigenvalue weighted by Gasteiger charge is -2.39. The van der Waals surface area contributed by atoms with E-state index in [2.05, 4.69) is 17.1 Å². The van der Waals surface area contributed by atoms with Crippen molar-refractivity contribution < 1.29 is 4.74 Å². The smallest absolute Gasteiger partial charge is 0.0622 e. The first kappa shape index (κ1) is 11.4. The summed E-state index contributed by atoms with van der Waals surface area (Å²) in [5, 5.41) is 3.49. The van der Waals surface area contributed by atoms with Crippen LogP contribution in [0.2, 0.25) is 0 Å². The summed E-state index contributed by atoms with van der Waals surface area (Å²) >= 11 is 0. The molecule has 15 heavy (non-hydrogen) atoms. The topological polar surface area (TPSA) is 24.5 Å². The Hall–Kier alpha value is -0.120. The van der Waals surface area contributed by atoms with Crippen molar-refractivity contribution in [3.63, 3.8) is 0 Å². The lowest BCUT2D eigenvalue weighted by molar-refractivity contribution is 0.0802. The molecular weight excluding hydrogens is 188 g/mol. The van der Waals surface area contributed by atoms with E-state index in [1.54, 1.807) is 0 Å². The molecule has 0 saturated carbocycles. The lowest BCUT2D eigenvalue weighted by Crippen LogP contribution is -2.50. The molecule has 0 aromatic carbocycles. The van der Waals surface area contributed by atoms with Gasteiger partial charge >= 0.3 is 0 Å². The molecule has 2 aliphatic heterocycles. The highest BCUT2D eigenvalue weighted by Crippen LogP contribution is 2.23. The van der Waals surface area contributed by atoms with Gasteiger partial charge in [-0.15, -0.1) is 0 Å². The van der Waals surface area contributed by atoms with Gasteiger partial charge in [-0.05, 0) is 32.4 Å². The Bertz CT molecular complexity index is 180. The zero-order chi connectivity index (χ0) is 10.5. The number of ether oxygens (including phenoxy) is 1. The number of rotatable bonds is 4. The maximum atomic E-state index is 5.50. The third kappa shape index (κ3) is 2.92. The third-order valence-corrected chi connectivity index (χ3v) is 3.68. The summed E-state index contributed by atoms with van der Waals surface area (Å²) < 4.78 is 5.50. The predicted molar refractivity (Wildman–Crippen MR) is 62.1 cm³/mol. The van der Waals surface area contributed by atoms with Crippen molar-refractivity contribution in [2.75, 3.05) is 32.8 Å². The summed E-state index contributed by atoms with van der Waals surface area (Å²) in [4.78, 5) is 2.69. The van der Waals surface area contributed by atoms with E-state index >= 15 is 0 Å². The van der Waals surface area contributed by atoms with Crippen molar-refractivity contribution >= 4 is 0 Å². The summed E-state index contributed by atoms with van der Waals surface area (Å²) in [5.41, 5.74) is 0. The van der Waals surface area contributed by atoms with Crippen molar-refractivity contribution in [3.8, 4) is 0 Å². The van der Waals surface area contributed by atoms with Crippen LogP contribution in [0.3, 0.4) is 0 Å². The predicted octanol–water partition coefficient (Wildman–Crippen LogP) is 1.24. The Morgan fingerprint density at radius 2 is 2.27 bits per heavy atom. The number of likely N-dealkylation sites (N-methyl/N-ethyl adjacent to an activating group) is 1. The molecule has 2 aliphatic rings. The second-order valence-electron chi connectivity index (χ2n) is 4.71. The Morgan fingerprint density at radius 3 is 3.00 bits per heavy atom. The van der Waals surface area contributed by atoms with Gasteiger partial charge in [-0.3, -0.25) is 4.90 Å². The highest BCUT2D eigenvalue weighted by Gasteiger charge is 2.30. The van der Waals surface area contributed by atoms with Crippen molar-refractivity contribution in [2.45, 2.75) is 44.7 Å². The molecule has 1 N–H and O–H groups in total. The van der Waals surface area contributed by atoms with Crippen LogP contribution in [0.5, 0.6) is 0 Å². The molecule has 0 radical (unpaired) electrons. The quantitative estimate of drug-likeness (QED) is 0.759. The fourth-order valence-electron chi connectivity index (χ4n) is 2.82. The molecule has 2 saturated heterocycles. The van der Waals surface area contributed by atoms with E-state index in [9.17, 15) is 0 Å². The second-order valence-corrected chi connectivity index (χ2v) is 4.71. The zero-order valence-corrected chi connectivity index (χ0v) is 9.87. The maximum absolute atomic E-state index is 5.50. The highest BCUT2D eigenvalue weighted by molar-refractivity contribution is 4.85. The van der Waals surface area contributed by atoms with Gasteiger partial charge in [0, 0.05) is 25.2 Å². The monoisotopic (exact) mass is 212 g/mol. The SMILES string of the molecule is CCNCC1CCCCN1C1CCOC1. The van der Waals surface area contributed by atoms with E-state index < -0.39 is 0 Å². The Labute approximate surface area is 93.2 Å². The van der Waals surface area contributed by atoms with Gasteiger partial charge in [0.15, 0.2) is 0 Å². The first-order valence-corrected chi connectivity index (χ1v) is 6.46. The van der Waals surface area contributed by atoms with E-state index in [1.807, 2.05) is 0 Å². The summed E-state index contributed by atoms with van der Waals surface area (Å²) in [7, 11) is 0. The van der Waals surface area contributed by atoms with Crippen molar-refractivity contribution in [2.24, 2.45) is 0 Å². The summed E-state index contributed by atoms with van der Waals surface area (Å²) in [6.45, 7) is 7.64. The van der Waals surface area contributed by atoms with Crippen LogP contribution in [0.15, 0.2) is 0 Å². The molecule has 3 heteroatoms. The van der Waals surface area contributed by atoms with Crippen LogP contribution < -0.4 is 5.32 Å². The van der Waals surface area contributed by atoms with Gasteiger partial charge in [0.2, 0.25) is 0 Å². The molecule has 0 spiro atoms. The van der Waals surface area contributed by atoms with Crippen LogP contribution in [-0.2, 0) is 4.74 Å². The zero-order valence-electron chi connectivity index (χ0n) is 9.87. The molecule has 2 unspecified atom stereocenters. The van der Waals surface area contributed by atoms with Crippen molar-refractivity contribution in [3.05, 3.63) is 0 Å². The van der Waals surface area contributed by atoms with E-state index in [0.717, 1.165) is 32.3 Å². The van der Waals surface area contributed by atoms with Gasteiger partial charge in [0.1, 0.15) is 0 Å². The maximum Gasteiger partial charge on any atom is 0.0622 e. The fraction of sp³-hybridized carbons (Fsp3) is 1.00. The molecule has 3 nitrogen and oxygen atoms in total. The van der Waals surface area contributed by atoms with Gasteiger partial charge in [0.25, 0.3) is 0 Å². The minimum atomic E-state index is 0.703. The van der Waals surface area contributed by atoms with E-state index in [4.69, 9.17) is 4.74 Å². The van der Waals surface area contributed by atoms with Gasteiger partial charge < -0.3 is 10.1 Å². The average Bonchev–Trinajstić information content (AvgIpc) is 2.80. The summed E-state index contributed by atoms with van der Waals surface area (Å²) in [5.74, 6) is 0. The van der Waals surface area contributed by atoms with E-state index in [1.165, 1.54) is 32.2 Å². The molecule has 0 aromatic heterocycles. The normalized spacial score (nSPS) is 33.4.